The van der Waals surface area contributed by atoms with Gasteiger partial charge in [-0.1, -0.05) is 18.6 Å². The number of carbonyl (C=O) groups excluding carboxylic acids is 3. The van der Waals surface area contributed by atoms with Gasteiger partial charge in [0, 0.05) is 23.7 Å². The molecule has 0 radical (unpaired) electrons. The van der Waals surface area contributed by atoms with E-state index in [1.54, 1.807) is 13.8 Å². The number of fused-ring (bicyclic) bond motifs is 2. The Balaban J connectivity index is 1.79. The number of allylic oxidation sites excluding steroid dienone is 1. The van der Waals surface area contributed by atoms with Crippen LogP contribution >= 0.6 is 0 Å². The van der Waals surface area contributed by atoms with Crippen molar-refractivity contribution in [2.45, 2.75) is 69.4 Å². The van der Waals surface area contributed by atoms with Crippen LogP contribution in [0.25, 0.3) is 0 Å². The molecule has 11 nitrogen and oxygen atoms in total. The van der Waals surface area contributed by atoms with Gasteiger partial charge in [0.25, 0.3) is 0 Å². The van der Waals surface area contributed by atoms with Gasteiger partial charge in [-0.2, -0.15) is 0 Å². The Labute approximate surface area is 195 Å². The zero-order valence-corrected chi connectivity index (χ0v) is 19.3. The topological polar surface area (TPSA) is 169 Å². The first kappa shape index (κ1) is 23.7. The fourth-order valence-corrected chi connectivity index (χ4v) is 8.15. The largest absolute Gasteiger partial charge is 0.467 e. The zero-order valence-electron chi connectivity index (χ0n) is 19.3. The predicted octanol–water partition coefficient (Wildman–Crippen LogP) is -1.55. The van der Waals surface area contributed by atoms with Crippen LogP contribution in [0.3, 0.4) is 0 Å². The molecule has 2 aliphatic heterocycles. The molecule has 2 bridgehead atoms. The van der Waals surface area contributed by atoms with Gasteiger partial charge in [0.1, 0.15) is 12.2 Å². The highest BCUT2D eigenvalue weighted by molar-refractivity contribution is 5.87. The Morgan fingerprint density at radius 2 is 1.82 bits per heavy atom. The molecule has 0 aromatic carbocycles. The van der Waals surface area contributed by atoms with E-state index in [2.05, 4.69) is 0 Å². The smallest absolute Gasteiger partial charge is 0.348 e. The van der Waals surface area contributed by atoms with Crippen molar-refractivity contribution < 1.29 is 53.8 Å². The normalized spacial score (nSPS) is 53.1. The van der Waals surface area contributed by atoms with Crippen molar-refractivity contribution in [1.82, 2.24) is 0 Å². The molecule has 3 aliphatic carbocycles. The number of methoxy groups -OCH3 is 1. The summed E-state index contributed by atoms with van der Waals surface area (Å²) in [6.45, 7) is 4.37. The van der Waals surface area contributed by atoms with Crippen LogP contribution in [0.15, 0.2) is 11.6 Å². The number of hydrogen-bond acceptors (Lipinski definition) is 11. The molecule has 34 heavy (non-hydrogen) atoms. The molecule has 2 saturated heterocycles. The lowest BCUT2D eigenvalue weighted by Crippen LogP contribution is -2.80. The van der Waals surface area contributed by atoms with E-state index in [9.17, 15) is 34.8 Å². The van der Waals surface area contributed by atoms with Crippen LogP contribution in [0.1, 0.15) is 27.2 Å². The Bertz CT molecular complexity index is 978. The second-order valence-electron chi connectivity index (χ2n) is 10.5. The SMILES string of the molecule is COC(=O)[C@@]12OC[C@]34[C@H]([C@@H](O)[C@@H]1O)[C@]1(C)[C@H](C[C@H]3OC(=O)[C@H](OC(C)=O)[C@@H]24)C(C)=C[C@H](O)[C@H]1O. The molecule has 12 atom stereocenters. The summed E-state index contributed by atoms with van der Waals surface area (Å²) in [4.78, 5) is 38.2. The quantitative estimate of drug-likeness (QED) is 0.204. The van der Waals surface area contributed by atoms with Crippen LogP contribution in [0.2, 0.25) is 0 Å². The highest BCUT2D eigenvalue weighted by atomic mass is 16.6. The third-order valence-electron chi connectivity index (χ3n) is 9.29. The summed E-state index contributed by atoms with van der Waals surface area (Å²) in [6, 6.07) is 0. The lowest BCUT2D eigenvalue weighted by atomic mass is 9.37. The molecule has 1 spiro atoms. The lowest BCUT2D eigenvalue weighted by Gasteiger charge is -2.68. The number of ether oxygens (including phenoxy) is 4. The Hall–Kier alpha value is -2.05. The van der Waals surface area contributed by atoms with Crippen molar-refractivity contribution in [3.05, 3.63) is 11.6 Å². The second-order valence-corrected chi connectivity index (χ2v) is 10.5. The summed E-state index contributed by atoms with van der Waals surface area (Å²) < 4.78 is 22.1. The molecule has 2 saturated carbocycles. The number of esters is 3. The summed E-state index contributed by atoms with van der Waals surface area (Å²) in [7, 11) is 1.09. The van der Waals surface area contributed by atoms with Crippen molar-refractivity contribution in [2.75, 3.05) is 13.7 Å². The van der Waals surface area contributed by atoms with Gasteiger partial charge < -0.3 is 39.4 Å². The molecule has 0 aromatic heterocycles. The van der Waals surface area contributed by atoms with Crippen LogP contribution in [0, 0.1) is 28.6 Å². The minimum absolute atomic E-state index is 0.220. The molecule has 2 heterocycles. The standard InChI is InChI=1S/C23H30O11/c1-8-5-11(25)17(27)21(3)10(8)6-12-22-7-32-23(20(30)31-4,18(28)13(26)15(21)22)16(22)14(19(29)34-12)33-9(2)24/h5,10-18,25-28H,6-7H2,1-4H3/t10-,11+,12-,13-,14-,15-,16-,17-,18+,21+,22-,23+/m1/s1. The molecule has 11 heteroatoms. The van der Waals surface area contributed by atoms with E-state index in [0.717, 1.165) is 19.6 Å². The molecule has 4 N–H and O–H groups in total. The highest BCUT2D eigenvalue weighted by Crippen LogP contribution is 2.72. The number of carbonyl (C=O) groups is 3. The van der Waals surface area contributed by atoms with E-state index < -0.39 is 88.7 Å². The second kappa shape index (κ2) is 7.23. The van der Waals surface area contributed by atoms with E-state index in [-0.39, 0.29) is 13.0 Å². The molecule has 188 valence electrons. The molecule has 0 amide bonds. The first-order valence-corrected chi connectivity index (χ1v) is 11.4. The summed E-state index contributed by atoms with van der Waals surface area (Å²) >= 11 is 0. The van der Waals surface area contributed by atoms with Gasteiger partial charge in [-0.25, -0.2) is 9.59 Å². The maximum Gasteiger partial charge on any atom is 0.348 e. The number of rotatable bonds is 2. The van der Waals surface area contributed by atoms with Gasteiger partial charge in [0.2, 0.25) is 11.7 Å². The minimum atomic E-state index is -2.20. The van der Waals surface area contributed by atoms with E-state index in [1.165, 1.54) is 6.08 Å². The van der Waals surface area contributed by atoms with Crippen LogP contribution in [-0.4, -0.2) is 94.3 Å². The predicted molar refractivity (Wildman–Crippen MR) is 110 cm³/mol. The van der Waals surface area contributed by atoms with Gasteiger partial charge in [-0.05, 0) is 19.3 Å². The fourth-order valence-electron chi connectivity index (χ4n) is 8.15. The van der Waals surface area contributed by atoms with Gasteiger partial charge in [0.05, 0.1) is 37.9 Å². The van der Waals surface area contributed by atoms with Gasteiger partial charge in [-0.3, -0.25) is 4.79 Å². The molecule has 0 aromatic rings. The van der Waals surface area contributed by atoms with E-state index in [0.29, 0.717) is 0 Å². The molecular formula is C23H30O11. The van der Waals surface area contributed by atoms with Crippen LogP contribution in [-0.2, 0) is 33.3 Å². The summed E-state index contributed by atoms with van der Waals surface area (Å²) in [5, 5.41) is 44.8. The highest BCUT2D eigenvalue weighted by Gasteiger charge is 2.85. The first-order valence-electron chi connectivity index (χ1n) is 11.4. The minimum Gasteiger partial charge on any atom is -0.467 e. The van der Waals surface area contributed by atoms with Gasteiger partial charge >= 0.3 is 17.9 Å². The average molecular weight is 482 g/mol. The molecule has 5 rings (SSSR count). The summed E-state index contributed by atoms with van der Waals surface area (Å²) in [5.74, 6) is -5.37. The van der Waals surface area contributed by atoms with Crippen molar-refractivity contribution in [3.8, 4) is 0 Å². The number of aliphatic hydroxyl groups is 4. The van der Waals surface area contributed by atoms with Gasteiger partial charge in [0.15, 0.2) is 0 Å². The van der Waals surface area contributed by atoms with E-state index in [4.69, 9.17) is 18.9 Å². The van der Waals surface area contributed by atoms with E-state index >= 15 is 0 Å². The van der Waals surface area contributed by atoms with Crippen LogP contribution in [0.4, 0.5) is 0 Å². The van der Waals surface area contributed by atoms with Gasteiger partial charge in [-0.15, -0.1) is 0 Å². The maximum absolute atomic E-state index is 13.1. The van der Waals surface area contributed by atoms with Crippen LogP contribution < -0.4 is 0 Å². The molecule has 5 aliphatic rings. The molecular weight excluding hydrogens is 452 g/mol. The number of aliphatic hydroxyl groups excluding tert-OH is 4. The first-order chi connectivity index (χ1) is 15.9. The van der Waals surface area contributed by atoms with Crippen molar-refractivity contribution in [1.29, 1.82) is 0 Å². The Kier molecular flexibility index (Phi) is 5.04. The lowest BCUT2D eigenvalue weighted by molar-refractivity contribution is -0.304. The van der Waals surface area contributed by atoms with Crippen LogP contribution in [0.5, 0.6) is 0 Å². The number of hydrogen-bond donors (Lipinski definition) is 4. The van der Waals surface area contributed by atoms with E-state index in [1.807, 2.05) is 0 Å². The summed E-state index contributed by atoms with van der Waals surface area (Å²) in [5.41, 5.74) is -3.97. The maximum atomic E-state index is 13.1. The zero-order chi connectivity index (χ0) is 25.0. The molecule has 4 fully saturated rings. The molecule has 0 unspecified atom stereocenters. The third kappa shape index (κ3) is 2.46. The fraction of sp³-hybridized carbons (Fsp3) is 0.783. The van der Waals surface area contributed by atoms with Crippen molar-refractivity contribution in [2.24, 2.45) is 28.6 Å². The average Bonchev–Trinajstić information content (AvgIpc) is 3.08. The monoisotopic (exact) mass is 482 g/mol. The summed E-state index contributed by atoms with van der Waals surface area (Å²) in [6.07, 6.45) is -6.78. The Morgan fingerprint density at radius 3 is 2.44 bits per heavy atom. The Morgan fingerprint density at radius 1 is 1.15 bits per heavy atom. The van der Waals surface area contributed by atoms with Crippen molar-refractivity contribution >= 4 is 17.9 Å². The third-order valence-corrected chi connectivity index (χ3v) is 9.29. The van der Waals surface area contributed by atoms with Crippen molar-refractivity contribution in [3.63, 3.8) is 0 Å².